The highest BCUT2D eigenvalue weighted by atomic mass is 32.2. The fraction of sp³-hybridized carbons (Fsp3) is 0.344. The van der Waals surface area contributed by atoms with Crippen LogP contribution in [-0.2, 0) is 41.1 Å². The average Bonchev–Trinajstić information content (AvgIpc) is 3.02. The third-order valence-corrected chi connectivity index (χ3v) is 10.1. The number of nitrogens with zero attached hydrogens (tertiary/aromatic N) is 1. The molecule has 1 aliphatic heterocycles. The molecule has 248 valence electrons. The Hall–Kier alpha value is -3.66. The summed E-state index contributed by atoms with van der Waals surface area (Å²) in [6.07, 6.45) is 0.0192. The van der Waals surface area contributed by atoms with Crippen LogP contribution < -0.4 is 10.2 Å². The zero-order valence-corrected chi connectivity index (χ0v) is 27.1. The van der Waals surface area contributed by atoms with Crippen molar-refractivity contribution in [2.45, 2.75) is 74.3 Å². The first kappa shape index (κ1) is 35.2. The summed E-state index contributed by atoms with van der Waals surface area (Å²) in [6.45, 7) is 6.78. The van der Waals surface area contributed by atoms with E-state index in [-0.39, 0.29) is 27.6 Å². The lowest BCUT2D eigenvalue weighted by Gasteiger charge is -2.30. The molecule has 1 aliphatic rings. The highest BCUT2D eigenvalue weighted by molar-refractivity contribution is 7.89. The van der Waals surface area contributed by atoms with Crippen LogP contribution in [0.1, 0.15) is 55.4 Å². The summed E-state index contributed by atoms with van der Waals surface area (Å²) in [5, 5.41) is 0. The predicted molar refractivity (Wildman–Crippen MR) is 167 cm³/mol. The van der Waals surface area contributed by atoms with E-state index in [0.29, 0.717) is 18.6 Å². The zero-order chi connectivity index (χ0) is 33.5. The summed E-state index contributed by atoms with van der Waals surface area (Å²) in [5.41, 5.74) is 3.76. The maximum absolute atomic E-state index is 14.3. The molecule has 1 fully saturated rings. The third kappa shape index (κ3) is 9.21. The SMILES string of the molecule is C=C(F)C[C@@H](C(=O)NOC1CCCCO1)N(Cc1ccccc1)S(=O)(=O)c1ccc(OC(C)c2cc(C)ccc2S(=O)(=O)O)cc1. The number of benzene rings is 3. The monoisotopic (exact) mass is 676 g/mol. The average molecular weight is 677 g/mol. The third-order valence-electron chi connectivity index (χ3n) is 7.30. The molecule has 1 saturated heterocycles. The lowest BCUT2D eigenvalue weighted by atomic mass is 10.1. The van der Waals surface area contributed by atoms with Crippen LogP contribution in [-0.4, -0.2) is 50.5 Å². The molecule has 46 heavy (non-hydrogen) atoms. The van der Waals surface area contributed by atoms with E-state index in [1.165, 1.54) is 30.3 Å². The molecule has 3 aromatic rings. The van der Waals surface area contributed by atoms with E-state index in [1.54, 1.807) is 56.3 Å². The molecular formula is C32H37FN2O9S2. The van der Waals surface area contributed by atoms with Crippen molar-refractivity contribution in [2.24, 2.45) is 0 Å². The van der Waals surface area contributed by atoms with Gasteiger partial charge in [0.1, 0.15) is 22.8 Å². The number of hydrogen-bond acceptors (Lipinski definition) is 8. The lowest BCUT2D eigenvalue weighted by molar-refractivity contribution is -0.202. The molecule has 3 atom stereocenters. The standard InChI is InChI=1S/C32H37FN2O9S2/c1-22-12-17-30(46(39,40)41)28(19-22)24(3)43-26-13-15-27(16-14-26)45(37,38)35(21-25-9-5-4-6-10-25)29(20-23(2)33)32(36)34-44-31-11-7-8-18-42-31/h4-6,9-10,12-17,19,24,29,31H,2,7-8,11,18,20-21H2,1,3H3,(H,34,36)(H,39,40,41)/t24?,29-,31?/m0/s1. The van der Waals surface area contributed by atoms with E-state index < -0.39 is 56.7 Å². The molecule has 14 heteroatoms. The zero-order valence-electron chi connectivity index (χ0n) is 25.5. The normalized spacial score (nSPS) is 16.8. The Morgan fingerprint density at radius 1 is 1.09 bits per heavy atom. The van der Waals surface area contributed by atoms with E-state index in [1.807, 2.05) is 0 Å². The van der Waals surface area contributed by atoms with Crippen LogP contribution in [0.15, 0.2) is 95.0 Å². The van der Waals surface area contributed by atoms with Crippen LogP contribution >= 0.6 is 0 Å². The predicted octanol–water partition coefficient (Wildman–Crippen LogP) is 5.39. The van der Waals surface area contributed by atoms with Crippen molar-refractivity contribution in [3.05, 3.63) is 102 Å². The van der Waals surface area contributed by atoms with Crippen LogP contribution in [0.5, 0.6) is 5.75 Å². The Morgan fingerprint density at radius 2 is 1.78 bits per heavy atom. The van der Waals surface area contributed by atoms with Crippen molar-refractivity contribution in [3.63, 3.8) is 0 Å². The molecule has 0 saturated carbocycles. The first-order valence-corrected chi connectivity index (χ1v) is 17.4. The van der Waals surface area contributed by atoms with Gasteiger partial charge in [0, 0.05) is 31.6 Å². The van der Waals surface area contributed by atoms with E-state index in [0.717, 1.165) is 22.7 Å². The van der Waals surface area contributed by atoms with E-state index in [4.69, 9.17) is 14.3 Å². The molecule has 0 bridgehead atoms. The van der Waals surface area contributed by atoms with Crippen LogP contribution in [0.3, 0.4) is 0 Å². The molecule has 1 amide bonds. The Bertz CT molecular complexity index is 1730. The summed E-state index contributed by atoms with van der Waals surface area (Å²) >= 11 is 0. The van der Waals surface area contributed by atoms with Gasteiger partial charge in [0.15, 0.2) is 6.29 Å². The Kier molecular flexibility index (Phi) is 11.7. The van der Waals surface area contributed by atoms with Gasteiger partial charge < -0.3 is 9.47 Å². The second kappa shape index (κ2) is 15.3. The molecule has 1 heterocycles. The first-order chi connectivity index (χ1) is 21.8. The number of rotatable bonds is 14. The summed E-state index contributed by atoms with van der Waals surface area (Å²) in [6, 6.07) is 16.6. The van der Waals surface area contributed by atoms with Crippen molar-refractivity contribution >= 4 is 26.0 Å². The molecular weight excluding hydrogens is 639 g/mol. The lowest BCUT2D eigenvalue weighted by Crippen LogP contribution is -2.50. The highest BCUT2D eigenvalue weighted by Crippen LogP contribution is 2.30. The van der Waals surface area contributed by atoms with Crippen LogP contribution in [0.2, 0.25) is 0 Å². The maximum Gasteiger partial charge on any atom is 0.294 e. The van der Waals surface area contributed by atoms with Crippen molar-refractivity contribution in [1.82, 2.24) is 9.79 Å². The van der Waals surface area contributed by atoms with Crippen LogP contribution in [0.4, 0.5) is 4.39 Å². The molecule has 0 spiro atoms. The van der Waals surface area contributed by atoms with Gasteiger partial charge in [-0.1, -0.05) is 54.6 Å². The minimum Gasteiger partial charge on any atom is -0.486 e. The second-order valence-electron chi connectivity index (χ2n) is 10.9. The van der Waals surface area contributed by atoms with E-state index in [9.17, 15) is 30.6 Å². The van der Waals surface area contributed by atoms with Crippen LogP contribution in [0.25, 0.3) is 0 Å². The minimum absolute atomic E-state index is 0.205. The van der Waals surface area contributed by atoms with Gasteiger partial charge in [0.05, 0.1) is 10.7 Å². The molecule has 0 radical (unpaired) electrons. The summed E-state index contributed by atoms with van der Waals surface area (Å²) in [7, 11) is -8.98. The number of sulfonamides is 1. The van der Waals surface area contributed by atoms with Gasteiger partial charge >= 0.3 is 0 Å². The van der Waals surface area contributed by atoms with Crippen molar-refractivity contribution in [2.75, 3.05) is 6.61 Å². The number of nitrogens with one attached hydrogen (secondary N) is 1. The number of halogens is 1. The largest absolute Gasteiger partial charge is 0.486 e. The van der Waals surface area contributed by atoms with Gasteiger partial charge in [-0.15, -0.1) is 0 Å². The number of amides is 1. The molecule has 0 aliphatic carbocycles. The van der Waals surface area contributed by atoms with Gasteiger partial charge in [0.2, 0.25) is 10.0 Å². The minimum atomic E-state index is -4.53. The fourth-order valence-electron chi connectivity index (χ4n) is 4.97. The summed E-state index contributed by atoms with van der Waals surface area (Å²) in [4.78, 5) is 18.2. The second-order valence-corrected chi connectivity index (χ2v) is 14.2. The molecule has 3 aromatic carbocycles. The maximum atomic E-state index is 14.3. The van der Waals surface area contributed by atoms with Gasteiger partial charge in [-0.2, -0.15) is 12.7 Å². The van der Waals surface area contributed by atoms with Gasteiger partial charge in [-0.3, -0.25) is 9.35 Å². The molecule has 2 N–H and O–H groups in total. The number of hydroxylamine groups is 1. The number of aryl methyl sites for hydroxylation is 1. The van der Waals surface area contributed by atoms with Crippen molar-refractivity contribution < 1.29 is 44.9 Å². The molecule has 0 aromatic heterocycles. The molecule has 4 rings (SSSR count). The van der Waals surface area contributed by atoms with Crippen molar-refractivity contribution in [1.29, 1.82) is 0 Å². The summed E-state index contributed by atoms with van der Waals surface area (Å²) in [5.74, 6) is -1.59. The van der Waals surface area contributed by atoms with Crippen molar-refractivity contribution in [3.8, 4) is 5.75 Å². The molecule has 2 unspecified atom stereocenters. The number of carbonyl (C=O) groups excluding carboxylic acids is 1. The fourth-order valence-corrected chi connectivity index (χ4v) is 7.31. The number of ether oxygens (including phenoxy) is 2. The number of carbonyl (C=O) groups is 1. The van der Waals surface area contributed by atoms with E-state index in [2.05, 4.69) is 12.1 Å². The van der Waals surface area contributed by atoms with E-state index >= 15 is 0 Å². The summed E-state index contributed by atoms with van der Waals surface area (Å²) < 4.78 is 88.3. The van der Waals surface area contributed by atoms with Gasteiger partial charge in [0.25, 0.3) is 16.0 Å². The van der Waals surface area contributed by atoms with Gasteiger partial charge in [-0.05, 0) is 62.6 Å². The quantitative estimate of drug-likeness (QED) is 0.169. The topological polar surface area (TPSA) is 149 Å². The Balaban J connectivity index is 1.62. The molecule has 11 nitrogen and oxygen atoms in total. The Morgan fingerprint density at radius 3 is 2.39 bits per heavy atom. The Labute approximate surface area is 268 Å². The van der Waals surface area contributed by atoms with Crippen LogP contribution in [0, 0.1) is 6.92 Å². The number of hydrogen-bond donors (Lipinski definition) is 2. The highest BCUT2D eigenvalue weighted by Gasteiger charge is 2.37. The first-order valence-electron chi connectivity index (χ1n) is 14.6. The smallest absolute Gasteiger partial charge is 0.294 e. The van der Waals surface area contributed by atoms with Gasteiger partial charge in [-0.25, -0.2) is 23.1 Å².